The maximum atomic E-state index is 3.65. The van der Waals surface area contributed by atoms with Gasteiger partial charge >= 0.3 is 0 Å². The molecule has 2 aliphatic heterocycles. The van der Waals surface area contributed by atoms with E-state index >= 15 is 0 Å². The van der Waals surface area contributed by atoms with Crippen LogP contribution in [0.1, 0.15) is 32.6 Å². The van der Waals surface area contributed by atoms with Crippen LogP contribution in [0.15, 0.2) is 0 Å². The van der Waals surface area contributed by atoms with Gasteiger partial charge in [-0.3, -0.25) is 5.43 Å². The van der Waals surface area contributed by atoms with Crippen molar-refractivity contribution >= 4 is 0 Å². The highest BCUT2D eigenvalue weighted by molar-refractivity contribution is 4.77. The van der Waals surface area contributed by atoms with Gasteiger partial charge in [0, 0.05) is 38.3 Å². The van der Waals surface area contributed by atoms with Gasteiger partial charge in [0.2, 0.25) is 0 Å². The van der Waals surface area contributed by atoms with E-state index in [9.17, 15) is 0 Å². The molecule has 2 fully saturated rings. The minimum Gasteiger partial charge on any atom is -0.314 e. The van der Waals surface area contributed by atoms with Gasteiger partial charge in [-0.1, -0.05) is 6.42 Å². The van der Waals surface area contributed by atoms with E-state index in [1.807, 2.05) is 0 Å². The van der Waals surface area contributed by atoms with Crippen molar-refractivity contribution in [2.24, 2.45) is 0 Å². The Labute approximate surface area is 106 Å². The third-order valence-corrected chi connectivity index (χ3v) is 3.96. The first-order valence-electron chi connectivity index (χ1n) is 7.17. The number of likely N-dealkylation sites (N-methyl/N-ethyl adjacent to an activating group) is 1. The Kier molecular flexibility index (Phi) is 5.22. The fourth-order valence-corrected chi connectivity index (χ4v) is 2.85. The van der Waals surface area contributed by atoms with E-state index in [4.69, 9.17) is 0 Å². The first-order chi connectivity index (χ1) is 8.24. The van der Waals surface area contributed by atoms with Crippen LogP contribution in [-0.4, -0.2) is 61.8 Å². The molecular weight excluding hydrogens is 212 g/mol. The van der Waals surface area contributed by atoms with E-state index in [0.29, 0.717) is 6.04 Å². The van der Waals surface area contributed by atoms with Gasteiger partial charge in [0.05, 0.1) is 0 Å². The molecule has 2 aliphatic rings. The standard InChI is InChI=1S/C13H28N4/c1-12(11-13-5-3-4-6-14-13)15-17-9-7-16(2)8-10-17/h12-15H,3-11H2,1-2H3. The lowest BCUT2D eigenvalue weighted by Gasteiger charge is -2.36. The predicted octanol–water partition coefficient (Wildman–Crippen LogP) is 0.659. The quantitative estimate of drug-likeness (QED) is 0.756. The fraction of sp³-hybridized carbons (Fsp3) is 1.00. The first kappa shape index (κ1) is 13.3. The van der Waals surface area contributed by atoms with Gasteiger partial charge in [0.15, 0.2) is 0 Å². The van der Waals surface area contributed by atoms with E-state index in [2.05, 4.69) is 34.6 Å². The second-order valence-electron chi connectivity index (χ2n) is 5.70. The van der Waals surface area contributed by atoms with Crippen molar-refractivity contribution in [2.75, 3.05) is 39.8 Å². The smallest absolute Gasteiger partial charge is 0.0259 e. The molecule has 100 valence electrons. The zero-order valence-corrected chi connectivity index (χ0v) is 11.4. The van der Waals surface area contributed by atoms with Gasteiger partial charge in [-0.25, -0.2) is 5.01 Å². The number of hydrogen-bond donors (Lipinski definition) is 2. The second-order valence-corrected chi connectivity index (χ2v) is 5.70. The molecule has 2 rings (SSSR count). The molecule has 0 aliphatic carbocycles. The lowest BCUT2D eigenvalue weighted by Crippen LogP contribution is -2.54. The lowest BCUT2D eigenvalue weighted by molar-refractivity contribution is 0.0852. The average molecular weight is 240 g/mol. The van der Waals surface area contributed by atoms with E-state index in [0.717, 1.165) is 19.1 Å². The van der Waals surface area contributed by atoms with Crippen molar-refractivity contribution in [3.05, 3.63) is 0 Å². The summed E-state index contributed by atoms with van der Waals surface area (Å²) in [4.78, 5) is 2.39. The highest BCUT2D eigenvalue weighted by Crippen LogP contribution is 2.12. The highest BCUT2D eigenvalue weighted by atomic mass is 15.5. The van der Waals surface area contributed by atoms with Crippen LogP contribution in [0.4, 0.5) is 0 Å². The number of hydrazine groups is 1. The summed E-state index contributed by atoms with van der Waals surface area (Å²) in [5, 5.41) is 6.02. The molecule has 0 radical (unpaired) electrons. The van der Waals surface area contributed by atoms with Crippen LogP contribution in [0.2, 0.25) is 0 Å². The summed E-state index contributed by atoms with van der Waals surface area (Å²) in [6, 6.07) is 1.33. The molecule has 0 amide bonds. The normalized spacial score (nSPS) is 30.4. The molecule has 0 aromatic rings. The lowest BCUT2D eigenvalue weighted by atomic mass is 9.99. The predicted molar refractivity (Wildman–Crippen MR) is 71.9 cm³/mol. The molecule has 2 N–H and O–H groups in total. The number of hydrogen-bond acceptors (Lipinski definition) is 4. The van der Waals surface area contributed by atoms with E-state index < -0.39 is 0 Å². The highest BCUT2D eigenvalue weighted by Gasteiger charge is 2.19. The Morgan fingerprint density at radius 3 is 2.65 bits per heavy atom. The van der Waals surface area contributed by atoms with E-state index in [-0.39, 0.29) is 0 Å². The van der Waals surface area contributed by atoms with Crippen LogP contribution >= 0.6 is 0 Å². The summed E-state index contributed by atoms with van der Waals surface area (Å²) in [5.74, 6) is 0. The van der Waals surface area contributed by atoms with Gasteiger partial charge in [-0.2, -0.15) is 0 Å². The molecule has 2 saturated heterocycles. The van der Waals surface area contributed by atoms with Gasteiger partial charge < -0.3 is 10.2 Å². The van der Waals surface area contributed by atoms with Crippen LogP contribution < -0.4 is 10.7 Å². The van der Waals surface area contributed by atoms with Crippen molar-refractivity contribution in [1.82, 2.24) is 20.7 Å². The van der Waals surface area contributed by atoms with E-state index in [1.165, 1.54) is 45.3 Å². The van der Waals surface area contributed by atoms with Gasteiger partial charge in [-0.05, 0) is 39.8 Å². The van der Waals surface area contributed by atoms with Gasteiger partial charge in [0.25, 0.3) is 0 Å². The van der Waals surface area contributed by atoms with E-state index in [1.54, 1.807) is 0 Å². The van der Waals surface area contributed by atoms with Crippen molar-refractivity contribution in [1.29, 1.82) is 0 Å². The minimum atomic E-state index is 0.592. The molecule has 0 aromatic carbocycles. The van der Waals surface area contributed by atoms with Crippen LogP contribution in [-0.2, 0) is 0 Å². The molecule has 4 heteroatoms. The molecule has 2 atom stereocenters. The largest absolute Gasteiger partial charge is 0.314 e. The Bertz CT molecular complexity index is 207. The summed E-state index contributed by atoms with van der Waals surface area (Å²) < 4.78 is 0. The number of nitrogens with zero attached hydrogens (tertiary/aromatic N) is 2. The van der Waals surface area contributed by atoms with Crippen molar-refractivity contribution in [2.45, 2.75) is 44.7 Å². The SMILES string of the molecule is CC(CC1CCCCN1)NN1CCN(C)CC1. The topological polar surface area (TPSA) is 30.5 Å². The molecule has 17 heavy (non-hydrogen) atoms. The second kappa shape index (κ2) is 6.69. The number of rotatable bonds is 4. The Hall–Kier alpha value is -0.160. The molecule has 0 bridgehead atoms. The maximum absolute atomic E-state index is 3.65. The number of piperidine rings is 1. The summed E-state index contributed by atoms with van der Waals surface area (Å²) in [6.45, 7) is 8.20. The van der Waals surface area contributed by atoms with Crippen molar-refractivity contribution in [3.63, 3.8) is 0 Å². The molecule has 2 unspecified atom stereocenters. The first-order valence-corrected chi connectivity index (χ1v) is 7.17. The molecule has 4 nitrogen and oxygen atoms in total. The Morgan fingerprint density at radius 1 is 1.24 bits per heavy atom. The Morgan fingerprint density at radius 2 is 2.00 bits per heavy atom. The number of nitrogens with one attached hydrogen (secondary N) is 2. The minimum absolute atomic E-state index is 0.592. The van der Waals surface area contributed by atoms with Crippen molar-refractivity contribution < 1.29 is 0 Å². The van der Waals surface area contributed by atoms with Crippen molar-refractivity contribution in [3.8, 4) is 0 Å². The van der Waals surface area contributed by atoms with Gasteiger partial charge in [0.1, 0.15) is 0 Å². The average Bonchev–Trinajstić information content (AvgIpc) is 2.33. The summed E-state index contributed by atoms with van der Waals surface area (Å²) in [7, 11) is 2.20. The van der Waals surface area contributed by atoms with Crippen LogP contribution in [0.3, 0.4) is 0 Å². The third kappa shape index (κ3) is 4.54. The fourth-order valence-electron chi connectivity index (χ4n) is 2.85. The molecule has 0 saturated carbocycles. The molecule has 0 spiro atoms. The van der Waals surface area contributed by atoms with Gasteiger partial charge in [-0.15, -0.1) is 0 Å². The summed E-state index contributed by atoms with van der Waals surface area (Å²) in [5.41, 5.74) is 3.65. The zero-order valence-electron chi connectivity index (χ0n) is 11.4. The number of piperazine rings is 1. The van der Waals surface area contributed by atoms with Crippen LogP contribution in [0.25, 0.3) is 0 Å². The third-order valence-electron chi connectivity index (χ3n) is 3.96. The molecular formula is C13H28N4. The van der Waals surface area contributed by atoms with Crippen LogP contribution in [0, 0.1) is 0 Å². The van der Waals surface area contributed by atoms with Crippen LogP contribution in [0.5, 0.6) is 0 Å². The monoisotopic (exact) mass is 240 g/mol. The Balaban J connectivity index is 1.64. The summed E-state index contributed by atoms with van der Waals surface area (Å²) >= 11 is 0. The molecule has 2 heterocycles. The summed E-state index contributed by atoms with van der Waals surface area (Å²) in [6.07, 6.45) is 5.37. The maximum Gasteiger partial charge on any atom is 0.0259 e. The molecule has 0 aromatic heterocycles. The zero-order chi connectivity index (χ0) is 12.1.